The van der Waals surface area contributed by atoms with Crippen molar-refractivity contribution < 1.29 is 5.11 Å². The number of nitrogens with zero attached hydrogens (tertiary/aromatic N) is 4. The largest absolute Gasteiger partial charge is 0.387 e. The van der Waals surface area contributed by atoms with Crippen LogP contribution in [0.1, 0.15) is 48.4 Å². The fourth-order valence-electron chi connectivity index (χ4n) is 4.70. The summed E-state index contributed by atoms with van der Waals surface area (Å²) in [6, 6.07) is 10.3. The Bertz CT molecular complexity index is 1100. The van der Waals surface area contributed by atoms with E-state index in [-0.39, 0.29) is 5.56 Å². The van der Waals surface area contributed by atoms with E-state index in [0.29, 0.717) is 0 Å². The molecule has 0 spiro atoms. The Morgan fingerprint density at radius 1 is 1.18 bits per heavy atom. The number of hydrogen-bond acceptors (Lipinski definition) is 4. The first-order valence-electron chi connectivity index (χ1n) is 10.2. The highest BCUT2D eigenvalue weighted by molar-refractivity contribution is 5.86. The molecular weight excluding hydrogens is 352 g/mol. The van der Waals surface area contributed by atoms with Crippen molar-refractivity contribution in [2.75, 3.05) is 6.54 Å². The van der Waals surface area contributed by atoms with Gasteiger partial charge in [0.05, 0.1) is 23.0 Å². The molecule has 0 unspecified atom stereocenters. The van der Waals surface area contributed by atoms with Gasteiger partial charge in [-0.3, -0.25) is 14.4 Å². The molecule has 3 aromatic rings. The van der Waals surface area contributed by atoms with Gasteiger partial charge >= 0.3 is 0 Å². The van der Waals surface area contributed by atoms with Gasteiger partial charge in [0.1, 0.15) is 0 Å². The maximum Gasteiger partial charge on any atom is 0.251 e. The molecular formula is C22H26N4O2. The van der Waals surface area contributed by atoms with Crippen LogP contribution in [0.15, 0.2) is 35.1 Å². The molecule has 0 saturated carbocycles. The molecule has 1 aromatic carbocycles. The van der Waals surface area contributed by atoms with Crippen LogP contribution in [0.3, 0.4) is 0 Å². The third kappa shape index (κ3) is 2.97. The number of aliphatic hydroxyl groups excluding tert-OH is 1. The topological polar surface area (TPSA) is 63.3 Å². The second-order valence-corrected chi connectivity index (χ2v) is 8.10. The van der Waals surface area contributed by atoms with Gasteiger partial charge in [0, 0.05) is 44.2 Å². The SMILES string of the molecule is C[C@H](O)c1cc2n(n1)CCCN(Cc1cc(=O)n3c4c(cccc14)CCC3)C2. The maximum atomic E-state index is 12.8. The summed E-state index contributed by atoms with van der Waals surface area (Å²) >= 11 is 0. The Kier molecular flexibility index (Phi) is 4.33. The quantitative estimate of drug-likeness (QED) is 0.761. The van der Waals surface area contributed by atoms with Crippen LogP contribution in [0.4, 0.5) is 0 Å². The van der Waals surface area contributed by atoms with E-state index >= 15 is 0 Å². The van der Waals surface area contributed by atoms with Crippen molar-refractivity contribution in [1.82, 2.24) is 19.2 Å². The highest BCUT2D eigenvalue weighted by Gasteiger charge is 2.21. The molecule has 1 N–H and O–H groups in total. The minimum absolute atomic E-state index is 0.117. The smallest absolute Gasteiger partial charge is 0.251 e. The highest BCUT2D eigenvalue weighted by Crippen LogP contribution is 2.27. The Labute approximate surface area is 164 Å². The third-order valence-corrected chi connectivity index (χ3v) is 6.06. The Hall–Kier alpha value is -2.44. The summed E-state index contributed by atoms with van der Waals surface area (Å²) in [6.07, 6.45) is 2.54. The van der Waals surface area contributed by atoms with E-state index in [4.69, 9.17) is 0 Å². The predicted octanol–water partition coefficient (Wildman–Crippen LogP) is 2.60. The number of aliphatic hydroxyl groups is 1. The minimum Gasteiger partial charge on any atom is -0.387 e. The average Bonchev–Trinajstić information content (AvgIpc) is 2.99. The van der Waals surface area contributed by atoms with Crippen molar-refractivity contribution in [2.24, 2.45) is 0 Å². The lowest BCUT2D eigenvalue weighted by Crippen LogP contribution is -2.28. The van der Waals surface area contributed by atoms with Crippen LogP contribution in [-0.2, 0) is 32.6 Å². The lowest BCUT2D eigenvalue weighted by atomic mass is 9.98. The molecule has 6 heteroatoms. The van der Waals surface area contributed by atoms with Crippen molar-refractivity contribution in [2.45, 2.75) is 58.5 Å². The zero-order valence-electron chi connectivity index (χ0n) is 16.3. The molecule has 146 valence electrons. The van der Waals surface area contributed by atoms with Gasteiger partial charge in [-0.2, -0.15) is 5.10 Å². The third-order valence-electron chi connectivity index (χ3n) is 6.06. The summed E-state index contributed by atoms with van der Waals surface area (Å²) in [4.78, 5) is 15.2. The molecule has 2 aliphatic heterocycles. The van der Waals surface area contributed by atoms with Crippen LogP contribution in [0.2, 0.25) is 0 Å². The number of aryl methyl sites for hydroxylation is 3. The molecule has 4 heterocycles. The Balaban J connectivity index is 1.50. The van der Waals surface area contributed by atoms with Crippen molar-refractivity contribution in [3.05, 3.63) is 63.2 Å². The number of rotatable bonds is 3. The predicted molar refractivity (Wildman–Crippen MR) is 108 cm³/mol. The van der Waals surface area contributed by atoms with Crippen LogP contribution >= 0.6 is 0 Å². The lowest BCUT2D eigenvalue weighted by Gasteiger charge is -2.24. The monoisotopic (exact) mass is 378 g/mol. The van der Waals surface area contributed by atoms with Crippen molar-refractivity contribution >= 4 is 10.9 Å². The van der Waals surface area contributed by atoms with Gasteiger partial charge in [-0.15, -0.1) is 0 Å². The summed E-state index contributed by atoms with van der Waals surface area (Å²) in [5, 5.41) is 15.6. The zero-order valence-corrected chi connectivity index (χ0v) is 16.3. The van der Waals surface area contributed by atoms with E-state index in [0.717, 1.165) is 74.5 Å². The standard InChI is InChI=1S/C22H26N4O2/c1-15(27)20-12-18-14-24(8-4-10-26(18)23-20)13-17-11-21(28)25-9-3-6-16-5-2-7-19(17)22(16)25/h2,5,7,11-12,15,27H,3-4,6,8-10,13-14H2,1H3/t15-/m0/s1. The second kappa shape index (κ2) is 6.87. The van der Waals surface area contributed by atoms with Crippen molar-refractivity contribution in [1.29, 1.82) is 0 Å². The minimum atomic E-state index is -0.548. The van der Waals surface area contributed by atoms with Gasteiger partial charge < -0.3 is 9.67 Å². The molecule has 0 amide bonds. The second-order valence-electron chi connectivity index (χ2n) is 8.10. The summed E-state index contributed by atoms with van der Waals surface area (Å²) in [6.45, 7) is 5.94. The molecule has 0 radical (unpaired) electrons. The van der Waals surface area contributed by atoms with Crippen LogP contribution < -0.4 is 5.56 Å². The van der Waals surface area contributed by atoms with Crippen LogP contribution in [0, 0.1) is 0 Å². The maximum absolute atomic E-state index is 12.8. The first-order chi connectivity index (χ1) is 13.6. The molecule has 0 fully saturated rings. The van der Waals surface area contributed by atoms with Gasteiger partial charge in [-0.1, -0.05) is 18.2 Å². The molecule has 5 rings (SSSR count). The van der Waals surface area contributed by atoms with E-state index in [1.807, 2.05) is 21.4 Å². The van der Waals surface area contributed by atoms with Gasteiger partial charge in [0.2, 0.25) is 0 Å². The van der Waals surface area contributed by atoms with Gasteiger partial charge in [-0.25, -0.2) is 0 Å². The van der Waals surface area contributed by atoms with Crippen molar-refractivity contribution in [3.8, 4) is 0 Å². The number of benzene rings is 1. The molecule has 1 atom stereocenters. The molecule has 0 bridgehead atoms. The number of hydrogen-bond donors (Lipinski definition) is 1. The van der Waals surface area contributed by atoms with Crippen LogP contribution in [-0.4, -0.2) is 30.9 Å². The summed E-state index contributed by atoms with van der Waals surface area (Å²) in [5.41, 5.74) is 5.52. The van der Waals surface area contributed by atoms with Gasteiger partial charge in [0.15, 0.2) is 0 Å². The lowest BCUT2D eigenvalue weighted by molar-refractivity contribution is 0.193. The molecule has 28 heavy (non-hydrogen) atoms. The Morgan fingerprint density at radius 3 is 2.93 bits per heavy atom. The first kappa shape index (κ1) is 17.6. The van der Waals surface area contributed by atoms with Crippen molar-refractivity contribution in [3.63, 3.8) is 0 Å². The van der Waals surface area contributed by atoms with Gasteiger partial charge in [0.25, 0.3) is 5.56 Å². The number of fused-ring (bicyclic) bond motifs is 1. The van der Waals surface area contributed by atoms with E-state index in [2.05, 4.69) is 28.2 Å². The number of para-hydroxylation sites is 1. The molecule has 0 saturated heterocycles. The molecule has 2 aliphatic rings. The normalized spacial score (nSPS) is 18.1. The fraction of sp³-hybridized carbons (Fsp3) is 0.455. The number of pyridine rings is 1. The van der Waals surface area contributed by atoms with E-state index in [1.54, 1.807) is 6.92 Å². The van der Waals surface area contributed by atoms with E-state index in [9.17, 15) is 9.90 Å². The summed E-state index contributed by atoms with van der Waals surface area (Å²) in [5.74, 6) is 0. The average molecular weight is 378 g/mol. The zero-order chi connectivity index (χ0) is 19.3. The fourth-order valence-corrected chi connectivity index (χ4v) is 4.70. The molecule has 6 nitrogen and oxygen atoms in total. The number of aromatic nitrogens is 3. The summed E-state index contributed by atoms with van der Waals surface area (Å²) in [7, 11) is 0. The highest BCUT2D eigenvalue weighted by atomic mass is 16.3. The van der Waals surface area contributed by atoms with E-state index in [1.165, 1.54) is 10.9 Å². The molecule has 2 aromatic heterocycles. The summed E-state index contributed by atoms with van der Waals surface area (Å²) < 4.78 is 3.97. The van der Waals surface area contributed by atoms with E-state index < -0.39 is 6.10 Å². The van der Waals surface area contributed by atoms with Crippen LogP contribution in [0.25, 0.3) is 10.9 Å². The van der Waals surface area contributed by atoms with Gasteiger partial charge in [-0.05, 0) is 43.4 Å². The van der Waals surface area contributed by atoms with Crippen LogP contribution in [0.5, 0.6) is 0 Å². The first-order valence-corrected chi connectivity index (χ1v) is 10.2. The molecule has 0 aliphatic carbocycles. The Morgan fingerprint density at radius 2 is 2.07 bits per heavy atom.